The van der Waals surface area contributed by atoms with E-state index in [2.05, 4.69) is 20.3 Å². The Morgan fingerprint density at radius 3 is 3.00 bits per heavy atom. The highest BCUT2D eigenvalue weighted by Gasteiger charge is 2.13. The summed E-state index contributed by atoms with van der Waals surface area (Å²) in [7, 11) is 0. The number of hydrogen-bond acceptors (Lipinski definition) is 5. The van der Waals surface area contributed by atoms with Crippen LogP contribution < -0.4 is 0 Å². The van der Waals surface area contributed by atoms with Gasteiger partial charge in [-0.05, 0) is 12.1 Å². The lowest BCUT2D eigenvalue weighted by atomic mass is 10.1. The standard InChI is InChI=1S/C11H7N5O2/c17-11(18)9-4-8(7-2-1-3-12-5-7)10-14-13-6-16(10)15-9/h1-6H,(H,17,18). The highest BCUT2D eigenvalue weighted by molar-refractivity contribution is 5.89. The fraction of sp³-hybridized carbons (Fsp3) is 0. The van der Waals surface area contributed by atoms with E-state index in [-0.39, 0.29) is 5.69 Å². The molecule has 0 radical (unpaired) electrons. The second kappa shape index (κ2) is 3.88. The molecule has 3 aromatic rings. The van der Waals surface area contributed by atoms with Gasteiger partial charge < -0.3 is 5.11 Å². The lowest BCUT2D eigenvalue weighted by Crippen LogP contribution is -2.05. The van der Waals surface area contributed by atoms with Gasteiger partial charge >= 0.3 is 5.97 Å². The van der Waals surface area contributed by atoms with Gasteiger partial charge in [0, 0.05) is 23.5 Å². The van der Waals surface area contributed by atoms with Crippen molar-refractivity contribution in [3.05, 3.63) is 42.6 Å². The number of fused-ring (bicyclic) bond motifs is 1. The van der Waals surface area contributed by atoms with Gasteiger partial charge in [0.15, 0.2) is 11.3 Å². The molecule has 7 nitrogen and oxygen atoms in total. The first kappa shape index (κ1) is 10.3. The molecule has 1 N–H and O–H groups in total. The van der Waals surface area contributed by atoms with Crippen LogP contribution in [0.1, 0.15) is 10.5 Å². The molecule has 0 aliphatic rings. The second-order valence-electron chi connectivity index (χ2n) is 3.59. The third-order valence-corrected chi connectivity index (χ3v) is 2.46. The molecule has 0 aromatic carbocycles. The maximum absolute atomic E-state index is 11.0. The SMILES string of the molecule is O=C(O)c1cc(-c2cccnc2)c2nncn2n1. The van der Waals surface area contributed by atoms with Gasteiger partial charge in [-0.25, -0.2) is 4.79 Å². The molecule has 18 heavy (non-hydrogen) atoms. The van der Waals surface area contributed by atoms with Crippen molar-refractivity contribution in [1.82, 2.24) is 24.8 Å². The Labute approximate surface area is 101 Å². The molecule has 0 saturated heterocycles. The van der Waals surface area contributed by atoms with Crippen LogP contribution in [0.15, 0.2) is 36.9 Å². The number of nitrogens with zero attached hydrogens (tertiary/aromatic N) is 5. The normalized spacial score (nSPS) is 10.7. The maximum Gasteiger partial charge on any atom is 0.356 e. The van der Waals surface area contributed by atoms with E-state index in [0.29, 0.717) is 11.2 Å². The van der Waals surface area contributed by atoms with E-state index >= 15 is 0 Å². The summed E-state index contributed by atoms with van der Waals surface area (Å²) in [6, 6.07) is 5.05. The summed E-state index contributed by atoms with van der Waals surface area (Å²) < 4.78 is 1.34. The summed E-state index contributed by atoms with van der Waals surface area (Å²) in [6.45, 7) is 0. The number of hydrogen-bond donors (Lipinski definition) is 1. The molecule has 0 fully saturated rings. The average molecular weight is 241 g/mol. The van der Waals surface area contributed by atoms with Gasteiger partial charge in [0.25, 0.3) is 0 Å². The predicted molar refractivity (Wildman–Crippen MR) is 61.0 cm³/mol. The number of aromatic nitrogens is 5. The Balaban J connectivity index is 2.33. The molecule has 0 bridgehead atoms. The molecule has 0 spiro atoms. The van der Waals surface area contributed by atoms with Crippen LogP contribution in [0, 0.1) is 0 Å². The average Bonchev–Trinajstić information content (AvgIpc) is 2.86. The summed E-state index contributed by atoms with van der Waals surface area (Å²) in [5.74, 6) is -1.10. The number of carbonyl (C=O) groups is 1. The van der Waals surface area contributed by atoms with Crippen LogP contribution in [0.5, 0.6) is 0 Å². The molecular weight excluding hydrogens is 234 g/mol. The summed E-state index contributed by atoms with van der Waals surface area (Å²) in [6.07, 6.45) is 4.64. The topological polar surface area (TPSA) is 93.3 Å². The Bertz CT molecular complexity index is 723. The first-order valence-corrected chi connectivity index (χ1v) is 5.10. The first-order valence-electron chi connectivity index (χ1n) is 5.10. The molecule has 0 unspecified atom stereocenters. The minimum absolute atomic E-state index is 0.0684. The van der Waals surface area contributed by atoms with E-state index in [0.717, 1.165) is 5.56 Å². The number of rotatable bonds is 2. The summed E-state index contributed by atoms with van der Waals surface area (Å²) >= 11 is 0. The van der Waals surface area contributed by atoms with Gasteiger partial charge in [-0.1, -0.05) is 6.07 Å². The monoisotopic (exact) mass is 241 g/mol. The van der Waals surface area contributed by atoms with Crippen LogP contribution in [0.3, 0.4) is 0 Å². The Kier molecular flexibility index (Phi) is 2.23. The molecule has 0 atom stereocenters. The fourth-order valence-corrected chi connectivity index (χ4v) is 1.67. The lowest BCUT2D eigenvalue weighted by molar-refractivity contribution is 0.0689. The van der Waals surface area contributed by atoms with Crippen LogP contribution in [0.4, 0.5) is 0 Å². The largest absolute Gasteiger partial charge is 0.476 e. The van der Waals surface area contributed by atoms with Gasteiger partial charge in [0.05, 0.1) is 0 Å². The third-order valence-electron chi connectivity index (χ3n) is 2.46. The Morgan fingerprint density at radius 1 is 1.39 bits per heavy atom. The van der Waals surface area contributed by atoms with E-state index in [9.17, 15) is 4.79 Å². The minimum atomic E-state index is -1.10. The zero-order valence-electron chi connectivity index (χ0n) is 9.06. The number of carboxylic acids is 1. The Morgan fingerprint density at radius 2 is 2.28 bits per heavy atom. The smallest absolute Gasteiger partial charge is 0.356 e. The van der Waals surface area contributed by atoms with Crippen molar-refractivity contribution in [3.63, 3.8) is 0 Å². The van der Waals surface area contributed by atoms with Gasteiger partial charge in [0.1, 0.15) is 6.33 Å². The molecule has 88 valence electrons. The van der Waals surface area contributed by atoms with Crippen molar-refractivity contribution in [2.75, 3.05) is 0 Å². The molecule has 3 rings (SSSR count). The zero-order chi connectivity index (χ0) is 12.5. The molecule has 3 aromatic heterocycles. The highest BCUT2D eigenvalue weighted by Crippen LogP contribution is 2.22. The number of carboxylic acid groups (broad SMARTS) is 1. The van der Waals surface area contributed by atoms with Crippen molar-refractivity contribution in [2.45, 2.75) is 0 Å². The van der Waals surface area contributed by atoms with E-state index in [1.165, 1.54) is 16.9 Å². The van der Waals surface area contributed by atoms with Gasteiger partial charge in [-0.15, -0.1) is 10.2 Å². The quantitative estimate of drug-likeness (QED) is 0.716. The highest BCUT2D eigenvalue weighted by atomic mass is 16.4. The van der Waals surface area contributed by atoms with Gasteiger partial charge in [-0.2, -0.15) is 9.61 Å². The summed E-state index contributed by atoms with van der Waals surface area (Å²) in [5, 5.41) is 20.6. The molecule has 7 heteroatoms. The molecule has 0 saturated carbocycles. The molecule has 3 heterocycles. The van der Waals surface area contributed by atoms with Crippen LogP contribution in [0.2, 0.25) is 0 Å². The van der Waals surface area contributed by atoms with Crippen molar-refractivity contribution in [1.29, 1.82) is 0 Å². The number of pyridine rings is 1. The summed E-state index contributed by atoms with van der Waals surface area (Å²) in [4.78, 5) is 15.0. The van der Waals surface area contributed by atoms with Crippen molar-refractivity contribution >= 4 is 11.6 Å². The maximum atomic E-state index is 11.0. The molecule has 0 aliphatic heterocycles. The molecular formula is C11H7N5O2. The van der Waals surface area contributed by atoms with E-state index < -0.39 is 5.97 Å². The Hall–Kier alpha value is -2.83. The van der Waals surface area contributed by atoms with Crippen LogP contribution in [0.25, 0.3) is 16.8 Å². The predicted octanol–water partition coefficient (Wildman–Crippen LogP) is 0.884. The zero-order valence-corrected chi connectivity index (χ0v) is 9.06. The molecule has 0 aliphatic carbocycles. The van der Waals surface area contributed by atoms with Crippen LogP contribution in [-0.4, -0.2) is 35.9 Å². The van der Waals surface area contributed by atoms with Gasteiger partial charge in [0.2, 0.25) is 0 Å². The van der Waals surface area contributed by atoms with Crippen LogP contribution >= 0.6 is 0 Å². The molecule has 0 amide bonds. The minimum Gasteiger partial charge on any atom is -0.476 e. The fourth-order valence-electron chi connectivity index (χ4n) is 1.67. The van der Waals surface area contributed by atoms with E-state index in [1.807, 2.05) is 6.07 Å². The van der Waals surface area contributed by atoms with E-state index in [4.69, 9.17) is 5.11 Å². The van der Waals surface area contributed by atoms with E-state index in [1.54, 1.807) is 18.5 Å². The second-order valence-corrected chi connectivity index (χ2v) is 3.59. The number of aromatic carboxylic acids is 1. The summed E-state index contributed by atoms with van der Waals surface area (Å²) in [5.41, 5.74) is 1.82. The van der Waals surface area contributed by atoms with Crippen molar-refractivity contribution < 1.29 is 9.90 Å². The van der Waals surface area contributed by atoms with Crippen molar-refractivity contribution in [2.24, 2.45) is 0 Å². The lowest BCUT2D eigenvalue weighted by Gasteiger charge is -2.03. The van der Waals surface area contributed by atoms with Gasteiger partial charge in [-0.3, -0.25) is 4.98 Å². The van der Waals surface area contributed by atoms with Crippen LogP contribution in [-0.2, 0) is 0 Å². The third kappa shape index (κ3) is 1.58. The van der Waals surface area contributed by atoms with Crippen molar-refractivity contribution in [3.8, 4) is 11.1 Å². The first-order chi connectivity index (χ1) is 8.75.